The molecular weight excluding hydrogens is 204 g/mol. The van der Waals surface area contributed by atoms with E-state index in [1.807, 2.05) is 4.98 Å². The molecule has 1 aromatic heterocycles. The molecule has 0 amide bonds. The Balaban J connectivity index is 2.82. The molecule has 0 aliphatic rings. The Morgan fingerprint density at radius 2 is 2.20 bits per heavy atom. The van der Waals surface area contributed by atoms with Gasteiger partial charge in [-0.15, -0.1) is 5.10 Å². The molecule has 0 atom stereocenters. The number of hydrogen-bond donors (Lipinski definition) is 3. The van der Waals surface area contributed by atoms with E-state index in [4.69, 9.17) is 5.11 Å². The number of aliphatic carboxylic acids is 1. The molecule has 15 heavy (non-hydrogen) atoms. The summed E-state index contributed by atoms with van der Waals surface area (Å²) in [4.78, 5) is 35.5. The van der Waals surface area contributed by atoms with E-state index in [1.54, 1.807) is 0 Å². The van der Waals surface area contributed by atoms with E-state index in [-0.39, 0.29) is 18.8 Å². The molecule has 0 radical (unpaired) electrons. The molecule has 0 saturated carbocycles. The minimum atomic E-state index is -0.970. The molecule has 0 fully saturated rings. The van der Waals surface area contributed by atoms with E-state index in [9.17, 15) is 14.4 Å². The molecule has 0 aliphatic heterocycles. The topological polar surface area (TPSA) is 119 Å². The fraction of sp³-hybridized carbons (Fsp3) is 0.429. The Morgan fingerprint density at radius 1 is 1.53 bits per heavy atom. The van der Waals surface area contributed by atoms with Gasteiger partial charge in [0.05, 0.1) is 6.42 Å². The average molecular weight is 214 g/mol. The highest BCUT2D eigenvalue weighted by Crippen LogP contribution is 1.97. The van der Waals surface area contributed by atoms with Crippen LogP contribution in [0, 0.1) is 0 Å². The monoisotopic (exact) mass is 214 g/mol. The second-order valence-electron chi connectivity index (χ2n) is 2.90. The van der Waals surface area contributed by atoms with Crippen molar-refractivity contribution in [3.63, 3.8) is 0 Å². The van der Waals surface area contributed by atoms with E-state index >= 15 is 0 Å². The van der Waals surface area contributed by atoms with Gasteiger partial charge in [-0.3, -0.25) is 14.6 Å². The van der Waals surface area contributed by atoms with Gasteiger partial charge in [0.15, 0.2) is 0 Å². The summed E-state index contributed by atoms with van der Waals surface area (Å²) in [5.41, 5.74) is -1.35. The summed E-state index contributed by atoms with van der Waals surface area (Å²) in [7, 11) is 1.51. The molecule has 0 aromatic carbocycles. The Labute approximate surface area is 83.6 Å². The lowest BCUT2D eigenvalue weighted by Gasteiger charge is -2.14. The van der Waals surface area contributed by atoms with Crippen LogP contribution in [0.15, 0.2) is 9.59 Å². The first-order valence-corrected chi connectivity index (χ1v) is 4.12. The number of H-pyrrole nitrogens is 2. The quantitative estimate of drug-likeness (QED) is 0.553. The highest BCUT2D eigenvalue weighted by Gasteiger charge is 2.09. The number of anilines is 1. The lowest BCUT2D eigenvalue weighted by atomic mass is 10.4. The zero-order chi connectivity index (χ0) is 11.4. The first kappa shape index (κ1) is 11.0. The molecule has 82 valence electrons. The highest BCUT2D eigenvalue weighted by atomic mass is 16.4. The van der Waals surface area contributed by atoms with Crippen molar-refractivity contribution in [3.05, 3.63) is 20.8 Å². The minimum absolute atomic E-state index is 0.0177. The van der Waals surface area contributed by atoms with Gasteiger partial charge in [-0.25, -0.2) is 9.89 Å². The largest absolute Gasteiger partial charge is 0.481 e. The maximum atomic E-state index is 11.2. The number of carboxylic acids is 1. The lowest BCUT2D eigenvalue weighted by molar-refractivity contribution is -0.136. The summed E-state index contributed by atoms with van der Waals surface area (Å²) in [6, 6.07) is 0. The van der Waals surface area contributed by atoms with Crippen molar-refractivity contribution in [2.45, 2.75) is 6.42 Å². The highest BCUT2D eigenvalue weighted by molar-refractivity contribution is 5.67. The molecule has 0 spiro atoms. The van der Waals surface area contributed by atoms with Gasteiger partial charge in [0.1, 0.15) is 0 Å². The Morgan fingerprint density at radius 3 is 2.73 bits per heavy atom. The van der Waals surface area contributed by atoms with Crippen molar-refractivity contribution in [3.8, 4) is 0 Å². The van der Waals surface area contributed by atoms with Crippen molar-refractivity contribution in [1.82, 2.24) is 15.2 Å². The van der Waals surface area contributed by atoms with Gasteiger partial charge < -0.3 is 10.0 Å². The smallest absolute Gasteiger partial charge is 0.342 e. The maximum Gasteiger partial charge on any atom is 0.342 e. The van der Waals surface area contributed by atoms with E-state index in [0.29, 0.717) is 0 Å². The van der Waals surface area contributed by atoms with Crippen molar-refractivity contribution >= 4 is 11.8 Å². The van der Waals surface area contributed by atoms with Crippen LogP contribution in [0.4, 0.5) is 5.82 Å². The Bertz CT molecular complexity index is 463. The second-order valence-corrected chi connectivity index (χ2v) is 2.90. The number of carboxylic acid groups (broad SMARTS) is 1. The number of aromatic nitrogens is 3. The maximum absolute atomic E-state index is 11.2. The van der Waals surface area contributed by atoms with Crippen LogP contribution in [0.1, 0.15) is 6.42 Å². The molecule has 8 nitrogen and oxygen atoms in total. The molecule has 0 saturated heterocycles. The molecule has 3 N–H and O–H groups in total. The minimum Gasteiger partial charge on any atom is -0.481 e. The lowest BCUT2D eigenvalue weighted by Crippen LogP contribution is -2.33. The summed E-state index contributed by atoms with van der Waals surface area (Å²) in [5, 5.41) is 14.0. The second kappa shape index (κ2) is 4.40. The molecule has 0 aliphatic carbocycles. The number of nitrogens with zero attached hydrogens (tertiary/aromatic N) is 2. The van der Waals surface area contributed by atoms with Gasteiger partial charge in [0.25, 0.3) is 5.56 Å². The Hall–Kier alpha value is -2.12. The predicted octanol–water partition coefficient (Wildman–Crippen LogP) is -1.63. The van der Waals surface area contributed by atoms with Crippen LogP contribution in [-0.4, -0.2) is 39.8 Å². The fourth-order valence-corrected chi connectivity index (χ4v) is 0.969. The van der Waals surface area contributed by atoms with Gasteiger partial charge in [-0.05, 0) is 0 Å². The average Bonchev–Trinajstić information content (AvgIpc) is 2.14. The van der Waals surface area contributed by atoms with Gasteiger partial charge >= 0.3 is 11.7 Å². The molecule has 1 heterocycles. The van der Waals surface area contributed by atoms with Crippen LogP contribution in [0.2, 0.25) is 0 Å². The Kier molecular flexibility index (Phi) is 3.21. The summed E-state index contributed by atoms with van der Waals surface area (Å²) in [5.74, 6) is -0.987. The number of nitrogens with one attached hydrogen (secondary N) is 2. The molecule has 0 bridgehead atoms. The van der Waals surface area contributed by atoms with Crippen LogP contribution >= 0.6 is 0 Å². The summed E-state index contributed by atoms with van der Waals surface area (Å²) in [6.45, 7) is 0.136. The van der Waals surface area contributed by atoms with Gasteiger partial charge in [-0.1, -0.05) is 0 Å². The van der Waals surface area contributed by atoms with Crippen LogP contribution in [0.5, 0.6) is 0 Å². The number of carbonyl (C=O) groups is 1. The third-order valence-electron chi connectivity index (χ3n) is 1.72. The zero-order valence-corrected chi connectivity index (χ0v) is 7.98. The van der Waals surface area contributed by atoms with E-state index in [1.165, 1.54) is 11.9 Å². The van der Waals surface area contributed by atoms with E-state index in [2.05, 4.69) is 10.2 Å². The number of hydrogen-bond acceptors (Lipinski definition) is 5. The standard InChI is InChI=1S/C7H10N4O4/c1-11(3-2-4(12)13)5-6(14)8-7(15)10-9-5/h2-3H2,1H3,(H,12,13)(H2,8,10,14,15). The SMILES string of the molecule is CN(CCC(=O)O)c1n[nH]c(=O)[nH]c1=O. The first-order valence-electron chi connectivity index (χ1n) is 4.12. The predicted molar refractivity (Wildman–Crippen MR) is 51.0 cm³/mol. The number of aromatic amines is 2. The van der Waals surface area contributed by atoms with Gasteiger partial charge in [0.2, 0.25) is 5.82 Å². The molecule has 8 heteroatoms. The van der Waals surface area contributed by atoms with Crippen molar-refractivity contribution < 1.29 is 9.90 Å². The van der Waals surface area contributed by atoms with Crippen LogP contribution in [0.3, 0.4) is 0 Å². The molecular formula is C7H10N4O4. The molecule has 1 aromatic rings. The molecule has 0 unspecified atom stereocenters. The van der Waals surface area contributed by atoms with Gasteiger partial charge in [0, 0.05) is 13.6 Å². The van der Waals surface area contributed by atoms with Crippen LogP contribution in [0.25, 0.3) is 0 Å². The summed E-state index contributed by atoms with van der Waals surface area (Å²) >= 11 is 0. The van der Waals surface area contributed by atoms with Crippen LogP contribution < -0.4 is 16.1 Å². The molecule has 1 rings (SSSR count). The third kappa shape index (κ3) is 2.93. The number of rotatable bonds is 4. The fourth-order valence-electron chi connectivity index (χ4n) is 0.969. The first-order chi connectivity index (χ1) is 7.00. The van der Waals surface area contributed by atoms with Crippen LogP contribution in [-0.2, 0) is 4.79 Å². The van der Waals surface area contributed by atoms with Crippen molar-refractivity contribution in [2.24, 2.45) is 0 Å². The van der Waals surface area contributed by atoms with E-state index < -0.39 is 17.2 Å². The summed E-state index contributed by atoms with van der Waals surface area (Å²) < 4.78 is 0. The third-order valence-corrected chi connectivity index (χ3v) is 1.72. The normalized spacial score (nSPS) is 9.93. The zero-order valence-electron chi connectivity index (χ0n) is 7.98. The van der Waals surface area contributed by atoms with Gasteiger partial charge in [-0.2, -0.15) is 0 Å². The summed E-state index contributed by atoms with van der Waals surface area (Å²) in [6.07, 6.45) is -0.114. The van der Waals surface area contributed by atoms with Crippen molar-refractivity contribution in [2.75, 3.05) is 18.5 Å². The van der Waals surface area contributed by atoms with Crippen molar-refractivity contribution in [1.29, 1.82) is 0 Å². The van der Waals surface area contributed by atoms with E-state index in [0.717, 1.165) is 0 Å².